The fourth-order valence-corrected chi connectivity index (χ4v) is 3.17. The van der Waals surface area contributed by atoms with Crippen LogP contribution in [0.2, 0.25) is 0 Å². The van der Waals surface area contributed by atoms with Gasteiger partial charge in [-0.3, -0.25) is 4.79 Å². The molecule has 0 spiro atoms. The SMILES string of the molecule is Cc1ccc(S(=O)(=O)NN=Cc2cc3cc(C)ccc3[nH]c2=O)cc1. The van der Waals surface area contributed by atoms with Crippen molar-refractivity contribution in [3.05, 3.63) is 75.6 Å². The van der Waals surface area contributed by atoms with Crippen molar-refractivity contribution in [2.45, 2.75) is 18.7 Å². The number of fused-ring (bicyclic) bond motifs is 1. The highest BCUT2D eigenvalue weighted by Crippen LogP contribution is 2.13. The summed E-state index contributed by atoms with van der Waals surface area (Å²) < 4.78 is 24.3. The molecule has 0 aliphatic rings. The summed E-state index contributed by atoms with van der Waals surface area (Å²) in [5.74, 6) is 0. The molecule has 0 fully saturated rings. The Morgan fingerprint density at radius 1 is 1.00 bits per heavy atom. The van der Waals surface area contributed by atoms with Gasteiger partial charge in [-0.2, -0.15) is 13.5 Å². The summed E-state index contributed by atoms with van der Waals surface area (Å²) in [4.78, 5) is 17.0. The molecule has 0 bridgehead atoms. The van der Waals surface area contributed by atoms with Gasteiger partial charge in [0.1, 0.15) is 0 Å². The highest BCUT2D eigenvalue weighted by molar-refractivity contribution is 7.89. The van der Waals surface area contributed by atoms with Gasteiger partial charge in [0.05, 0.1) is 16.7 Å². The van der Waals surface area contributed by atoms with Gasteiger partial charge < -0.3 is 4.98 Å². The van der Waals surface area contributed by atoms with E-state index in [1.54, 1.807) is 18.2 Å². The van der Waals surface area contributed by atoms with E-state index in [-0.39, 0.29) is 16.0 Å². The maximum atomic E-state index is 12.2. The van der Waals surface area contributed by atoms with E-state index in [2.05, 4.69) is 14.9 Å². The molecule has 0 aliphatic heterocycles. The standard InChI is InChI=1S/C18H17N3O3S/c1-12-3-6-16(7-4-12)25(23,24)21-19-11-15-10-14-9-13(2)5-8-17(14)20-18(15)22/h3-11,21H,1-2H3,(H,20,22). The predicted octanol–water partition coefficient (Wildman–Crippen LogP) is 2.46. The van der Waals surface area contributed by atoms with Gasteiger partial charge in [0.25, 0.3) is 15.6 Å². The molecule has 3 aromatic rings. The van der Waals surface area contributed by atoms with Gasteiger partial charge in [-0.05, 0) is 49.6 Å². The molecule has 7 heteroatoms. The van der Waals surface area contributed by atoms with Crippen molar-refractivity contribution in [3.63, 3.8) is 0 Å². The van der Waals surface area contributed by atoms with E-state index in [0.29, 0.717) is 5.52 Å². The van der Waals surface area contributed by atoms with Gasteiger partial charge in [-0.1, -0.05) is 29.3 Å². The van der Waals surface area contributed by atoms with E-state index < -0.39 is 10.0 Å². The number of pyridine rings is 1. The Labute approximate surface area is 145 Å². The van der Waals surface area contributed by atoms with Gasteiger partial charge in [-0.25, -0.2) is 4.83 Å². The number of nitrogens with zero attached hydrogens (tertiary/aromatic N) is 1. The number of aryl methyl sites for hydroxylation is 2. The summed E-state index contributed by atoms with van der Waals surface area (Å²) >= 11 is 0. The van der Waals surface area contributed by atoms with Crippen molar-refractivity contribution in [1.82, 2.24) is 9.82 Å². The van der Waals surface area contributed by atoms with Crippen LogP contribution in [0.4, 0.5) is 0 Å². The fraction of sp³-hybridized carbons (Fsp3) is 0.111. The summed E-state index contributed by atoms with van der Waals surface area (Å²) in [6, 6.07) is 13.7. The van der Waals surface area contributed by atoms with E-state index in [1.165, 1.54) is 18.3 Å². The Bertz CT molecular complexity index is 1110. The molecule has 6 nitrogen and oxygen atoms in total. The zero-order valence-corrected chi connectivity index (χ0v) is 14.6. The van der Waals surface area contributed by atoms with Crippen LogP contribution in [0.1, 0.15) is 16.7 Å². The number of aromatic amines is 1. The van der Waals surface area contributed by atoms with E-state index in [4.69, 9.17) is 0 Å². The summed E-state index contributed by atoms with van der Waals surface area (Å²) in [5.41, 5.74) is 2.66. The van der Waals surface area contributed by atoms with Crippen molar-refractivity contribution >= 4 is 27.1 Å². The quantitative estimate of drug-likeness (QED) is 0.556. The molecule has 128 valence electrons. The lowest BCUT2D eigenvalue weighted by Crippen LogP contribution is -2.19. The van der Waals surface area contributed by atoms with Crippen molar-refractivity contribution < 1.29 is 8.42 Å². The molecule has 0 saturated heterocycles. The number of rotatable bonds is 4. The van der Waals surface area contributed by atoms with Gasteiger partial charge in [0.15, 0.2) is 0 Å². The first-order chi connectivity index (χ1) is 11.8. The first-order valence-corrected chi connectivity index (χ1v) is 9.09. The minimum absolute atomic E-state index is 0.110. The molecule has 0 unspecified atom stereocenters. The van der Waals surface area contributed by atoms with Crippen LogP contribution in [0.5, 0.6) is 0 Å². The molecular weight excluding hydrogens is 338 g/mol. The van der Waals surface area contributed by atoms with Crippen LogP contribution in [-0.2, 0) is 10.0 Å². The number of hydrogen-bond acceptors (Lipinski definition) is 4. The van der Waals surface area contributed by atoms with E-state index in [9.17, 15) is 13.2 Å². The number of hydrogen-bond donors (Lipinski definition) is 2. The Kier molecular flexibility index (Phi) is 4.41. The second-order valence-corrected chi connectivity index (χ2v) is 7.47. The summed E-state index contributed by atoms with van der Waals surface area (Å²) in [7, 11) is -3.77. The monoisotopic (exact) mass is 355 g/mol. The normalized spacial score (nSPS) is 11.9. The Balaban J connectivity index is 1.86. The first-order valence-electron chi connectivity index (χ1n) is 7.60. The van der Waals surface area contributed by atoms with Gasteiger partial charge in [-0.15, -0.1) is 0 Å². The molecule has 0 radical (unpaired) electrons. The van der Waals surface area contributed by atoms with Crippen LogP contribution < -0.4 is 10.4 Å². The molecule has 1 heterocycles. The van der Waals surface area contributed by atoms with E-state index >= 15 is 0 Å². The van der Waals surface area contributed by atoms with Crippen molar-refractivity contribution in [3.8, 4) is 0 Å². The Morgan fingerprint density at radius 2 is 1.68 bits per heavy atom. The molecule has 2 N–H and O–H groups in total. The lowest BCUT2D eigenvalue weighted by Gasteiger charge is -2.04. The summed E-state index contributed by atoms with van der Waals surface area (Å²) in [6.45, 7) is 3.82. The zero-order valence-electron chi connectivity index (χ0n) is 13.8. The first kappa shape index (κ1) is 16.9. The Morgan fingerprint density at radius 3 is 2.40 bits per heavy atom. The molecule has 0 aliphatic carbocycles. The van der Waals surface area contributed by atoms with E-state index in [1.807, 2.05) is 32.0 Å². The third kappa shape index (κ3) is 3.77. The van der Waals surface area contributed by atoms with Crippen molar-refractivity contribution in [2.75, 3.05) is 0 Å². The van der Waals surface area contributed by atoms with E-state index in [0.717, 1.165) is 16.5 Å². The molecule has 0 saturated carbocycles. The van der Waals surface area contributed by atoms with Crippen LogP contribution in [0.15, 0.2) is 63.3 Å². The average molecular weight is 355 g/mol. The van der Waals surface area contributed by atoms with Gasteiger partial charge in [0.2, 0.25) is 0 Å². The zero-order chi connectivity index (χ0) is 18.0. The molecular formula is C18H17N3O3S. The predicted molar refractivity (Wildman–Crippen MR) is 98.4 cm³/mol. The molecule has 25 heavy (non-hydrogen) atoms. The maximum Gasteiger partial charge on any atom is 0.276 e. The number of H-pyrrole nitrogens is 1. The highest BCUT2D eigenvalue weighted by Gasteiger charge is 2.12. The molecule has 2 aromatic carbocycles. The third-order valence-corrected chi connectivity index (χ3v) is 4.97. The number of nitrogens with one attached hydrogen (secondary N) is 2. The topological polar surface area (TPSA) is 91.4 Å². The highest BCUT2D eigenvalue weighted by atomic mass is 32.2. The number of sulfonamides is 1. The van der Waals surface area contributed by atoms with Gasteiger partial charge >= 0.3 is 0 Å². The molecule has 0 amide bonds. The van der Waals surface area contributed by atoms with Crippen molar-refractivity contribution in [2.24, 2.45) is 5.10 Å². The molecule has 0 atom stereocenters. The minimum atomic E-state index is -3.77. The third-order valence-electron chi connectivity index (χ3n) is 3.74. The van der Waals surface area contributed by atoms with Crippen LogP contribution in [0, 0.1) is 13.8 Å². The lowest BCUT2D eigenvalue weighted by atomic mass is 10.1. The lowest BCUT2D eigenvalue weighted by molar-refractivity contribution is 0.584. The summed E-state index contributed by atoms with van der Waals surface area (Å²) in [6.07, 6.45) is 1.20. The van der Waals surface area contributed by atoms with Crippen LogP contribution >= 0.6 is 0 Å². The Hall–Kier alpha value is -2.93. The maximum absolute atomic E-state index is 12.2. The number of benzene rings is 2. The number of hydrazone groups is 1. The van der Waals surface area contributed by atoms with Crippen LogP contribution in [-0.4, -0.2) is 19.6 Å². The van der Waals surface area contributed by atoms with Crippen molar-refractivity contribution in [1.29, 1.82) is 0 Å². The fourth-order valence-electron chi connectivity index (χ4n) is 2.37. The average Bonchev–Trinajstić information content (AvgIpc) is 2.56. The van der Waals surface area contributed by atoms with Gasteiger partial charge in [0, 0.05) is 5.52 Å². The minimum Gasteiger partial charge on any atom is -0.321 e. The number of aromatic nitrogens is 1. The van der Waals surface area contributed by atoms with Crippen LogP contribution in [0.25, 0.3) is 10.9 Å². The summed E-state index contributed by atoms with van der Waals surface area (Å²) in [5, 5.41) is 4.57. The second-order valence-electron chi connectivity index (χ2n) is 5.81. The smallest absolute Gasteiger partial charge is 0.276 e. The molecule has 1 aromatic heterocycles. The molecule has 3 rings (SSSR count). The largest absolute Gasteiger partial charge is 0.321 e. The van der Waals surface area contributed by atoms with Crippen LogP contribution in [0.3, 0.4) is 0 Å². The second kappa shape index (κ2) is 6.52.